The fourth-order valence-electron chi connectivity index (χ4n) is 2.77. The molecule has 1 aromatic carbocycles. The third-order valence-corrected chi connectivity index (χ3v) is 4.05. The highest BCUT2D eigenvalue weighted by atomic mass is 16.2. The maximum atomic E-state index is 12.6. The van der Waals surface area contributed by atoms with E-state index in [0.29, 0.717) is 5.69 Å². The minimum atomic E-state index is -0.0335. The molecule has 0 radical (unpaired) electrons. The van der Waals surface area contributed by atoms with Gasteiger partial charge in [-0.3, -0.25) is 4.79 Å². The van der Waals surface area contributed by atoms with Crippen LogP contribution in [0.25, 0.3) is 0 Å². The molecular formula is C20H28N4O. The molecule has 134 valence electrons. The Balaban J connectivity index is 2.10. The molecule has 0 aliphatic carbocycles. The van der Waals surface area contributed by atoms with Gasteiger partial charge in [0.25, 0.3) is 5.91 Å². The molecule has 0 aliphatic heterocycles. The van der Waals surface area contributed by atoms with E-state index in [1.807, 2.05) is 23.1 Å². The van der Waals surface area contributed by atoms with Crippen LogP contribution in [0.1, 0.15) is 49.7 Å². The zero-order valence-corrected chi connectivity index (χ0v) is 15.5. The molecular weight excluding hydrogens is 312 g/mol. The Hall–Kier alpha value is -2.43. The maximum absolute atomic E-state index is 12.6. The first-order valence-corrected chi connectivity index (χ1v) is 9.09. The summed E-state index contributed by atoms with van der Waals surface area (Å²) in [5.74, 6) is 0.759. The predicted octanol–water partition coefficient (Wildman–Crippen LogP) is 3.77. The highest BCUT2D eigenvalue weighted by Crippen LogP contribution is 2.14. The molecule has 5 nitrogen and oxygen atoms in total. The van der Waals surface area contributed by atoms with Crippen LogP contribution in [0.2, 0.25) is 0 Å². The molecule has 0 bridgehead atoms. The Morgan fingerprint density at radius 3 is 2.16 bits per heavy atom. The minimum Gasteiger partial charge on any atom is -0.351 e. The van der Waals surface area contributed by atoms with Crippen LogP contribution < -0.4 is 4.90 Å². The maximum Gasteiger partial charge on any atom is 0.274 e. The van der Waals surface area contributed by atoms with Crippen molar-refractivity contribution in [3.05, 3.63) is 54.0 Å². The van der Waals surface area contributed by atoms with E-state index < -0.39 is 0 Å². The first kappa shape index (κ1) is 18.9. The van der Waals surface area contributed by atoms with Gasteiger partial charge in [-0.15, -0.1) is 0 Å². The van der Waals surface area contributed by atoms with Gasteiger partial charge in [0.05, 0.1) is 12.4 Å². The van der Waals surface area contributed by atoms with Crippen molar-refractivity contribution < 1.29 is 4.79 Å². The summed E-state index contributed by atoms with van der Waals surface area (Å²) in [7, 11) is 0. The quantitative estimate of drug-likeness (QED) is 0.697. The first-order chi connectivity index (χ1) is 12.2. The molecule has 0 atom stereocenters. The Bertz CT molecular complexity index is 637. The number of anilines is 1. The highest BCUT2D eigenvalue weighted by Gasteiger charge is 2.17. The molecule has 0 spiro atoms. The molecule has 0 unspecified atom stereocenters. The van der Waals surface area contributed by atoms with Gasteiger partial charge < -0.3 is 9.80 Å². The van der Waals surface area contributed by atoms with Gasteiger partial charge in [0.1, 0.15) is 11.5 Å². The van der Waals surface area contributed by atoms with Crippen LogP contribution in [0.15, 0.2) is 42.7 Å². The molecule has 25 heavy (non-hydrogen) atoms. The van der Waals surface area contributed by atoms with Crippen molar-refractivity contribution in [1.82, 2.24) is 14.9 Å². The molecule has 5 heteroatoms. The Morgan fingerprint density at radius 1 is 0.960 bits per heavy atom. The van der Waals surface area contributed by atoms with Crippen molar-refractivity contribution in [1.29, 1.82) is 0 Å². The highest BCUT2D eigenvalue weighted by molar-refractivity contribution is 5.92. The summed E-state index contributed by atoms with van der Waals surface area (Å²) < 4.78 is 0. The number of rotatable bonds is 9. The van der Waals surface area contributed by atoms with Crippen molar-refractivity contribution >= 4 is 11.7 Å². The average molecular weight is 340 g/mol. The van der Waals surface area contributed by atoms with E-state index in [1.165, 1.54) is 5.56 Å². The van der Waals surface area contributed by atoms with Crippen LogP contribution in [0.4, 0.5) is 5.82 Å². The van der Waals surface area contributed by atoms with Crippen LogP contribution in [0.3, 0.4) is 0 Å². The van der Waals surface area contributed by atoms with Gasteiger partial charge in [0, 0.05) is 26.2 Å². The second-order valence-corrected chi connectivity index (χ2v) is 6.05. The lowest BCUT2D eigenvalue weighted by Crippen LogP contribution is -2.33. The number of carbonyl (C=O) groups excluding carboxylic acids is 1. The van der Waals surface area contributed by atoms with Crippen LogP contribution >= 0.6 is 0 Å². The van der Waals surface area contributed by atoms with E-state index in [1.54, 1.807) is 12.4 Å². The van der Waals surface area contributed by atoms with Gasteiger partial charge in [-0.1, -0.05) is 44.2 Å². The van der Waals surface area contributed by atoms with Crippen LogP contribution in [0.5, 0.6) is 0 Å². The molecule has 1 aromatic heterocycles. The van der Waals surface area contributed by atoms with Crippen molar-refractivity contribution in [3.8, 4) is 0 Å². The Kier molecular flexibility index (Phi) is 7.38. The van der Waals surface area contributed by atoms with E-state index in [4.69, 9.17) is 0 Å². The number of nitrogens with zero attached hydrogens (tertiary/aromatic N) is 4. The van der Waals surface area contributed by atoms with Gasteiger partial charge >= 0.3 is 0 Å². The summed E-state index contributed by atoms with van der Waals surface area (Å²) >= 11 is 0. The number of hydrogen-bond acceptors (Lipinski definition) is 4. The van der Waals surface area contributed by atoms with Crippen LogP contribution in [-0.2, 0) is 6.54 Å². The Labute approximate surface area is 150 Å². The van der Waals surface area contributed by atoms with Crippen LogP contribution in [-0.4, -0.2) is 40.4 Å². The molecule has 2 rings (SSSR count). The summed E-state index contributed by atoms with van der Waals surface area (Å²) in [6.45, 7) is 9.36. The van der Waals surface area contributed by atoms with Gasteiger partial charge in [-0.2, -0.15) is 0 Å². The molecule has 0 N–H and O–H groups in total. The van der Waals surface area contributed by atoms with E-state index in [2.05, 4.69) is 47.8 Å². The molecule has 1 amide bonds. The largest absolute Gasteiger partial charge is 0.351 e. The summed E-state index contributed by atoms with van der Waals surface area (Å²) in [4.78, 5) is 25.4. The van der Waals surface area contributed by atoms with Crippen molar-refractivity contribution in [2.24, 2.45) is 0 Å². The van der Waals surface area contributed by atoms with Gasteiger partial charge in [-0.05, 0) is 25.3 Å². The lowest BCUT2D eigenvalue weighted by atomic mass is 10.2. The standard InChI is InChI=1S/C20H28N4O/c1-4-12-24(13-5-2)20(25)18-14-22-19(15-21-18)23(6-3)16-17-10-8-7-9-11-17/h7-11,14-15H,4-6,12-13,16H2,1-3H3. The molecule has 0 fully saturated rings. The van der Waals surface area contributed by atoms with Crippen molar-refractivity contribution in [2.75, 3.05) is 24.5 Å². The molecule has 1 heterocycles. The molecule has 0 aliphatic rings. The first-order valence-electron chi connectivity index (χ1n) is 9.09. The average Bonchev–Trinajstić information content (AvgIpc) is 2.66. The smallest absolute Gasteiger partial charge is 0.274 e. The molecule has 0 saturated carbocycles. The van der Waals surface area contributed by atoms with Gasteiger partial charge in [-0.25, -0.2) is 9.97 Å². The zero-order chi connectivity index (χ0) is 18.1. The normalized spacial score (nSPS) is 10.5. The van der Waals surface area contributed by atoms with E-state index in [0.717, 1.165) is 44.8 Å². The fourth-order valence-corrected chi connectivity index (χ4v) is 2.77. The fraction of sp³-hybridized carbons (Fsp3) is 0.450. The summed E-state index contributed by atoms with van der Waals surface area (Å²) in [5, 5.41) is 0. The zero-order valence-electron chi connectivity index (χ0n) is 15.5. The molecule has 2 aromatic rings. The van der Waals surface area contributed by atoms with Gasteiger partial charge in [0.15, 0.2) is 0 Å². The summed E-state index contributed by atoms with van der Waals surface area (Å²) in [6.07, 6.45) is 5.19. The third-order valence-electron chi connectivity index (χ3n) is 4.05. The van der Waals surface area contributed by atoms with Gasteiger partial charge in [0.2, 0.25) is 0 Å². The van der Waals surface area contributed by atoms with Crippen molar-refractivity contribution in [2.45, 2.75) is 40.2 Å². The topological polar surface area (TPSA) is 49.3 Å². The number of carbonyl (C=O) groups is 1. The third kappa shape index (κ3) is 5.28. The lowest BCUT2D eigenvalue weighted by molar-refractivity contribution is 0.0749. The number of amides is 1. The molecule has 0 saturated heterocycles. The lowest BCUT2D eigenvalue weighted by Gasteiger charge is -2.23. The van der Waals surface area contributed by atoms with E-state index in [9.17, 15) is 4.79 Å². The van der Waals surface area contributed by atoms with E-state index >= 15 is 0 Å². The second-order valence-electron chi connectivity index (χ2n) is 6.05. The van der Waals surface area contributed by atoms with Crippen LogP contribution in [0, 0.1) is 0 Å². The second kappa shape index (κ2) is 9.77. The van der Waals surface area contributed by atoms with Crippen molar-refractivity contribution in [3.63, 3.8) is 0 Å². The number of benzene rings is 1. The summed E-state index contributed by atoms with van der Waals surface area (Å²) in [5.41, 5.74) is 1.64. The van der Waals surface area contributed by atoms with E-state index in [-0.39, 0.29) is 5.91 Å². The predicted molar refractivity (Wildman–Crippen MR) is 102 cm³/mol. The number of hydrogen-bond donors (Lipinski definition) is 0. The summed E-state index contributed by atoms with van der Waals surface area (Å²) in [6, 6.07) is 10.3. The number of aromatic nitrogens is 2. The minimum absolute atomic E-state index is 0.0335. The Morgan fingerprint density at radius 2 is 1.64 bits per heavy atom. The monoisotopic (exact) mass is 340 g/mol. The SMILES string of the molecule is CCCN(CCC)C(=O)c1cnc(N(CC)Cc2ccccc2)cn1.